The van der Waals surface area contributed by atoms with Gasteiger partial charge in [-0.25, -0.2) is 4.39 Å². The van der Waals surface area contributed by atoms with Gasteiger partial charge in [0.25, 0.3) is 0 Å². The molecule has 0 saturated carbocycles. The Morgan fingerprint density at radius 1 is 1.64 bits per heavy atom. The molecule has 2 N–H and O–H groups in total. The van der Waals surface area contributed by atoms with Crippen LogP contribution in [-0.4, -0.2) is 19.4 Å². The molecule has 1 aromatic carbocycles. The summed E-state index contributed by atoms with van der Waals surface area (Å²) >= 11 is 3.00. The number of Topliss-reactive ketones (excluding diaryl/α,β-unsaturated/α-hetero) is 1. The third-order valence-electron chi connectivity index (χ3n) is 1.75. The maximum Gasteiger partial charge on any atom is 0.179 e. The molecule has 14 heavy (non-hydrogen) atoms. The van der Waals surface area contributed by atoms with Crippen molar-refractivity contribution in [2.24, 2.45) is 5.73 Å². The summed E-state index contributed by atoms with van der Waals surface area (Å²) in [4.78, 5) is 11.2. The van der Waals surface area contributed by atoms with Crippen molar-refractivity contribution in [3.63, 3.8) is 0 Å². The summed E-state index contributed by atoms with van der Waals surface area (Å²) in [5.41, 5.74) is 5.10. The first-order valence-corrected chi connectivity index (χ1v) is 4.66. The minimum atomic E-state index is -0.639. The lowest BCUT2D eigenvalue weighted by Crippen LogP contribution is -2.15. The van der Waals surface area contributed by atoms with Gasteiger partial charge >= 0.3 is 0 Å². The van der Waals surface area contributed by atoms with Gasteiger partial charge in [-0.1, -0.05) is 0 Å². The summed E-state index contributed by atoms with van der Waals surface area (Å²) in [6.07, 6.45) is 0. The first-order chi connectivity index (χ1) is 6.61. The summed E-state index contributed by atoms with van der Waals surface area (Å²) in [7, 11) is 1.42. The Hall–Kier alpha value is -0.940. The first-order valence-electron chi connectivity index (χ1n) is 3.87. The van der Waals surface area contributed by atoms with Gasteiger partial charge in [-0.2, -0.15) is 0 Å². The highest BCUT2D eigenvalue weighted by molar-refractivity contribution is 9.10. The third-order valence-corrected chi connectivity index (χ3v) is 2.49. The van der Waals surface area contributed by atoms with E-state index in [2.05, 4.69) is 15.9 Å². The number of rotatable bonds is 3. The maximum absolute atomic E-state index is 13.5. The Balaban J connectivity index is 3.24. The fraction of sp³-hybridized carbons (Fsp3) is 0.222. The first kappa shape index (κ1) is 11.1. The van der Waals surface area contributed by atoms with Crippen molar-refractivity contribution >= 4 is 21.7 Å². The Kier molecular flexibility index (Phi) is 3.60. The van der Waals surface area contributed by atoms with Gasteiger partial charge in [-0.15, -0.1) is 0 Å². The van der Waals surface area contributed by atoms with Crippen LogP contribution in [0.3, 0.4) is 0 Å². The molecule has 0 aliphatic heterocycles. The quantitative estimate of drug-likeness (QED) is 0.844. The largest absolute Gasteiger partial charge is 0.495 e. The number of hydrogen-bond donors (Lipinski definition) is 1. The van der Waals surface area contributed by atoms with Crippen LogP contribution in [0.15, 0.2) is 16.6 Å². The number of hydrogen-bond acceptors (Lipinski definition) is 3. The molecule has 0 aromatic heterocycles. The summed E-state index contributed by atoms with van der Waals surface area (Å²) in [6.45, 7) is -0.213. The average Bonchev–Trinajstić information content (AvgIpc) is 2.21. The standard InChI is InChI=1S/C9H9BrFNO2/c1-14-7-3-2-5(6(13)4-12)9(11)8(7)10/h2-3H,4,12H2,1H3. The number of halogens is 2. The molecule has 1 aromatic rings. The van der Waals surface area contributed by atoms with Gasteiger partial charge in [0.1, 0.15) is 5.75 Å². The molecule has 0 bridgehead atoms. The number of benzene rings is 1. The number of methoxy groups -OCH3 is 1. The molecule has 3 nitrogen and oxygen atoms in total. The molecule has 0 radical (unpaired) electrons. The SMILES string of the molecule is COc1ccc(C(=O)CN)c(F)c1Br. The molecule has 0 aliphatic carbocycles. The van der Waals surface area contributed by atoms with Gasteiger partial charge < -0.3 is 10.5 Å². The lowest BCUT2D eigenvalue weighted by molar-refractivity contribution is 0.0997. The predicted octanol–water partition coefficient (Wildman–Crippen LogP) is 1.74. The van der Waals surface area contributed by atoms with Gasteiger partial charge in [-0.3, -0.25) is 4.79 Å². The highest BCUT2D eigenvalue weighted by Gasteiger charge is 2.15. The van der Waals surface area contributed by atoms with E-state index in [-0.39, 0.29) is 16.6 Å². The van der Waals surface area contributed by atoms with Crippen LogP contribution < -0.4 is 10.5 Å². The molecule has 0 atom stereocenters. The number of carbonyl (C=O) groups excluding carboxylic acids is 1. The van der Waals surface area contributed by atoms with Crippen molar-refractivity contribution in [2.45, 2.75) is 0 Å². The lowest BCUT2D eigenvalue weighted by atomic mass is 10.1. The van der Waals surface area contributed by atoms with E-state index < -0.39 is 11.6 Å². The molecule has 0 aliphatic rings. The zero-order valence-electron chi connectivity index (χ0n) is 7.51. The van der Waals surface area contributed by atoms with E-state index in [0.717, 1.165) is 0 Å². The summed E-state index contributed by atoms with van der Waals surface area (Å²) < 4.78 is 18.5. The molecule has 0 amide bonds. The van der Waals surface area contributed by atoms with Crippen molar-refractivity contribution in [2.75, 3.05) is 13.7 Å². The van der Waals surface area contributed by atoms with Crippen molar-refractivity contribution in [1.29, 1.82) is 0 Å². The van der Waals surface area contributed by atoms with E-state index >= 15 is 0 Å². The van der Waals surface area contributed by atoms with Gasteiger partial charge in [0.05, 0.1) is 23.7 Å². The zero-order valence-corrected chi connectivity index (χ0v) is 9.10. The molecule has 76 valence electrons. The predicted molar refractivity (Wildman–Crippen MR) is 54.0 cm³/mol. The highest BCUT2D eigenvalue weighted by atomic mass is 79.9. The minimum absolute atomic E-state index is 0.0276. The van der Waals surface area contributed by atoms with Crippen molar-refractivity contribution in [3.8, 4) is 5.75 Å². The third kappa shape index (κ3) is 1.93. The minimum Gasteiger partial charge on any atom is -0.495 e. The van der Waals surface area contributed by atoms with E-state index in [9.17, 15) is 9.18 Å². The highest BCUT2D eigenvalue weighted by Crippen LogP contribution is 2.29. The second-order valence-electron chi connectivity index (χ2n) is 2.57. The monoisotopic (exact) mass is 261 g/mol. The van der Waals surface area contributed by atoms with Crippen molar-refractivity contribution in [1.82, 2.24) is 0 Å². The van der Waals surface area contributed by atoms with E-state index in [1.807, 2.05) is 0 Å². The van der Waals surface area contributed by atoms with E-state index in [1.165, 1.54) is 19.2 Å². The normalized spacial score (nSPS) is 10.0. The number of ether oxygens (including phenoxy) is 1. The van der Waals surface area contributed by atoms with Crippen LogP contribution in [0.2, 0.25) is 0 Å². The van der Waals surface area contributed by atoms with Crippen LogP contribution in [0.4, 0.5) is 4.39 Å². The van der Waals surface area contributed by atoms with Gasteiger partial charge in [-0.05, 0) is 28.1 Å². The Morgan fingerprint density at radius 3 is 2.79 bits per heavy atom. The summed E-state index contributed by atoms with van der Waals surface area (Å²) in [5, 5.41) is 0. The average molecular weight is 262 g/mol. The van der Waals surface area contributed by atoms with E-state index in [4.69, 9.17) is 10.5 Å². The molecule has 0 spiro atoms. The van der Waals surface area contributed by atoms with Crippen LogP contribution in [0.1, 0.15) is 10.4 Å². The number of carbonyl (C=O) groups is 1. The van der Waals surface area contributed by atoms with Crippen LogP contribution >= 0.6 is 15.9 Å². The topological polar surface area (TPSA) is 52.3 Å². The van der Waals surface area contributed by atoms with Crippen molar-refractivity contribution < 1.29 is 13.9 Å². The van der Waals surface area contributed by atoms with Crippen molar-refractivity contribution in [3.05, 3.63) is 28.0 Å². The molecule has 5 heteroatoms. The fourth-order valence-corrected chi connectivity index (χ4v) is 1.52. The number of ketones is 1. The Morgan fingerprint density at radius 2 is 2.29 bits per heavy atom. The van der Waals surface area contributed by atoms with Crippen LogP contribution in [0.25, 0.3) is 0 Å². The molecule has 0 saturated heterocycles. The van der Waals surface area contributed by atoms with Gasteiger partial charge in [0.15, 0.2) is 11.6 Å². The number of nitrogens with two attached hydrogens (primary N) is 1. The lowest BCUT2D eigenvalue weighted by Gasteiger charge is -2.06. The summed E-state index contributed by atoms with van der Waals surface area (Å²) in [6, 6.07) is 2.87. The molecule has 0 fully saturated rings. The van der Waals surface area contributed by atoms with E-state index in [1.54, 1.807) is 0 Å². The Bertz CT molecular complexity index is 368. The van der Waals surface area contributed by atoms with Gasteiger partial charge in [0, 0.05) is 0 Å². The molecule has 1 rings (SSSR count). The van der Waals surface area contributed by atoms with Crippen LogP contribution in [-0.2, 0) is 0 Å². The summed E-state index contributed by atoms with van der Waals surface area (Å²) in [5.74, 6) is -0.735. The molecule has 0 heterocycles. The van der Waals surface area contributed by atoms with Crippen LogP contribution in [0.5, 0.6) is 5.75 Å². The Labute approximate surface area is 89.2 Å². The second-order valence-corrected chi connectivity index (χ2v) is 3.36. The van der Waals surface area contributed by atoms with Gasteiger partial charge in [0.2, 0.25) is 0 Å². The molecular formula is C9H9BrFNO2. The zero-order chi connectivity index (χ0) is 10.7. The second kappa shape index (κ2) is 4.52. The smallest absolute Gasteiger partial charge is 0.179 e. The fourth-order valence-electron chi connectivity index (χ4n) is 1.01. The molecule has 0 unspecified atom stereocenters. The maximum atomic E-state index is 13.5. The van der Waals surface area contributed by atoms with Crippen LogP contribution in [0, 0.1) is 5.82 Å². The molecular weight excluding hydrogens is 253 g/mol. The van der Waals surface area contributed by atoms with E-state index in [0.29, 0.717) is 5.75 Å².